The van der Waals surface area contributed by atoms with Crippen LogP contribution in [0.25, 0.3) is 0 Å². The molecule has 156 valence electrons. The lowest BCUT2D eigenvalue weighted by molar-refractivity contribution is 0.0912. The summed E-state index contributed by atoms with van der Waals surface area (Å²) < 4.78 is 23.8. The summed E-state index contributed by atoms with van der Waals surface area (Å²) in [4.78, 5) is 15.1. The minimum absolute atomic E-state index is 0.0628. The van der Waals surface area contributed by atoms with E-state index in [0.717, 1.165) is 31.5 Å². The van der Waals surface area contributed by atoms with E-state index in [1.54, 1.807) is 0 Å². The Balaban J connectivity index is 1.78. The number of sulfonamides is 1. The lowest BCUT2D eigenvalue weighted by Crippen LogP contribution is -2.42. The van der Waals surface area contributed by atoms with Crippen LogP contribution >= 0.6 is 15.9 Å². The molecule has 8 heteroatoms. The molecule has 1 amide bonds. The molecule has 1 aliphatic heterocycles. The topological polar surface area (TPSA) is 92.5 Å². The van der Waals surface area contributed by atoms with Gasteiger partial charge in [-0.1, -0.05) is 37.3 Å². The van der Waals surface area contributed by atoms with Crippen molar-refractivity contribution in [2.24, 2.45) is 11.1 Å². The third kappa shape index (κ3) is 5.66. The third-order valence-corrected chi connectivity index (χ3v) is 7.01. The number of hydrogen-bond acceptors (Lipinski definition) is 4. The van der Waals surface area contributed by atoms with Gasteiger partial charge in [0.05, 0.1) is 16.5 Å². The Labute approximate surface area is 180 Å². The van der Waals surface area contributed by atoms with Crippen LogP contribution in [-0.2, 0) is 10.0 Å². The molecule has 2 aromatic rings. The summed E-state index contributed by atoms with van der Waals surface area (Å²) in [5, 5.41) is 8.18. The predicted octanol–water partition coefficient (Wildman–Crippen LogP) is 3.30. The molecular formula is C21H26BrN3O3S. The number of likely N-dealkylation sites (tertiary alicyclic amines) is 1. The molecular weight excluding hydrogens is 454 g/mol. The molecule has 6 nitrogen and oxygen atoms in total. The Hall–Kier alpha value is -1.74. The van der Waals surface area contributed by atoms with Gasteiger partial charge in [0, 0.05) is 11.0 Å². The highest BCUT2D eigenvalue weighted by atomic mass is 79.9. The average molecular weight is 480 g/mol. The number of benzene rings is 2. The number of nitrogens with zero attached hydrogens (tertiary/aromatic N) is 1. The quantitative estimate of drug-likeness (QED) is 0.664. The Morgan fingerprint density at radius 3 is 2.48 bits per heavy atom. The van der Waals surface area contributed by atoms with Crippen molar-refractivity contribution in [2.45, 2.75) is 30.7 Å². The first kappa shape index (κ1) is 22.0. The standard InChI is InChI=1S/C21H26BrN3O3S/c1-15-9-11-25(12-10-15)20(16-5-3-2-4-6-16)14-24-21(26)18-13-17(29(23,27)28)7-8-19(18)22/h2-8,13,15,20H,9-12,14H2,1H3,(H,24,26)(H2,23,27,28). The molecule has 1 aliphatic rings. The molecule has 0 radical (unpaired) electrons. The maximum atomic E-state index is 12.8. The van der Waals surface area contributed by atoms with Crippen molar-refractivity contribution in [2.75, 3.05) is 19.6 Å². The molecule has 0 bridgehead atoms. The molecule has 1 heterocycles. The van der Waals surface area contributed by atoms with Crippen molar-refractivity contribution in [3.8, 4) is 0 Å². The summed E-state index contributed by atoms with van der Waals surface area (Å²) in [5.41, 5.74) is 1.40. The third-order valence-electron chi connectivity index (χ3n) is 5.41. The molecule has 0 saturated carbocycles. The molecule has 1 saturated heterocycles. The SMILES string of the molecule is CC1CCN(C(CNC(=O)c2cc(S(N)(=O)=O)ccc2Br)c2ccccc2)CC1. The molecule has 3 rings (SSSR count). The number of halogens is 1. The van der Waals surface area contributed by atoms with E-state index >= 15 is 0 Å². The van der Waals surface area contributed by atoms with Gasteiger partial charge in [0.2, 0.25) is 10.0 Å². The Morgan fingerprint density at radius 1 is 1.21 bits per heavy atom. The summed E-state index contributed by atoms with van der Waals surface area (Å²) in [6.07, 6.45) is 2.28. The average Bonchev–Trinajstić information content (AvgIpc) is 2.69. The zero-order chi connectivity index (χ0) is 21.0. The van der Waals surface area contributed by atoms with Crippen LogP contribution in [-0.4, -0.2) is 38.9 Å². The normalized spacial score (nSPS) is 17.1. The van der Waals surface area contributed by atoms with Crippen LogP contribution in [0.5, 0.6) is 0 Å². The molecule has 0 aliphatic carbocycles. The van der Waals surface area contributed by atoms with E-state index in [0.29, 0.717) is 16.9 Å². The maximum Gasteiger partial charge on any atom is 0.252 e. The van der Waals surface area contributed by atoms with Crippen molar-refractivity contribution in [3.63, 3.8) is 0 Å². The van der Waals surface area contributed by atoms with Gasteiger partial charge in [-0.3, -0.25) is 9.69 Å². The molecule has 0 aromatic heterocycles. The first-order valence-electron chi connectivity index (χ1n) is 9.65. The molecule has 0 spiro atoms. The number of primary sulfonamides is 1. The zero-order valence-corrected chi connectivity index (χ0v) is 18.7. The van der Waals surface area contributed by atoms with Gasteiger partial charge in [-0.2, -0.15) is 0 Å². The number of hydrogen-bond donors (Lipinski definition) is 2. The number of nitrogens with one attached hydrogen (secondary N) is 1. The van der Waals surface area contributed by atoms with Gasteiger partial charge < -0.3 is 5.32 Å². The van der Waals surface area contributed by atoms with E-state index in [1.165, 1.54) is 18.2 Å². The van der Waals surface area contributed by atoms with Crippen LogP contribution in [0.2, 0.25) is 0 Å². The summed E-state index contributed by atoms with van der Waals surface area (Å²) in [6.45, 7) is 4.68. The van der Waals surface area contributed by atoms with Gasteiger partial charge in [-0.25, -0.2) is 13.6 Å². The van der Waals surface area contributed by atoms with Crippen molar-refractivity contribution in [1.29, 1.82) is 0 Å². The minimum Gasteiger partial charge on any atom is -0.350 e. The first-order chi connectivity index (χ1) is 13.8. The molecule has 29 heavy (non-hydrogen) atoms. The highest BCUT2D eigenvalue weighted by Crippen LogP contribution is 2.27. The predicted molar refractivity (Wildman–Crippen MR) is 117 cm³/mol. The molecule has 1 fully saturated rings. The van der Waals surface area contributed by atoms with E-state index in [1.807, 2.05) is 18.2 Å². The highest BCUT2D eigenvalue weighted by Gasteiger charge is 2.25. The van der Waals surface area contributed by atoms with Crippen LogP contribution < -0.4 is 10.5 Å². The van der Waals surface area contributed by atoms with E-state index < -0.39 is 10.0 Å². The number of amides is 1. The van der Waals surface area contributed by atoms with Gasteiger partial charge in [-0.05, 0) is 71.5 Å². The number of rotatable bonds is 6. The molecule has 1 atom stereocenters. The van der Waals surface area contributed by atoms with Crippen molar-refractivity contribution < 1.29 is 13.2 Å². The lowest BCUT2D eigenvalue weighted by atomic mass is 9.95. The number of carbonyl (C=O) groups is 1. The van der Waals surface area contributed by atoms with Crippen molar-refractivity contribution in [3.05, 3.63) is 64.1 Å². The summed E-state index contributed by atoms with van der Waals surface area (Å²) in [6, 6.07) is 14.4. The molecule has 3 N–H and O–H groups in total. The smallest absolute Gasteiger partial charge is 0.252 e. The van der Waals surface area contributed by atoms with E-state index in [4.69, 9.17) is 5.14 Å². The monoisotopic (exact) mass is 479 g/mol. The summed E-state index contributed by atoms with van der Waals surface area (Å²) in [5.74, 6) is 0.378. The fraction of sp³-hybridized carbons (Fsp3) is 0.381. The molecule has 2 aromatic carbocycles. The van der Waals surface area contributed by atoms with Crippen molar-refractivity contribution in [1.82, 2.24) is 10.2 Å². The second-order valence-electron chi connectivity index (χ2n) is 7.54. The fourth-order valence-corrected chi connectivity index (χ4v) is 4.58. The van der Waals surface area contributed by atoms with Crippen LogP contribution in [0.15, 0.2) is 57.9 Å². The van der Waals surface area contributed by atoms with Gasteiger partial charge in [0.25, 0.3) is 5.91 Å². The fourth-order valence-electron chi connectivity index (χ4n) is 3.61. The zero-order valence-electron chi connectivity index (χ0n) is 16.3. The summed E-state index contributed by atoms with van der Waals surface area (Å²) >= 11 is 3.33. The van der Waals surface area contributed by atoms with Crippen LogP contribution in [0.3, 0.4) is 0 Å². The van der Waals surface area contributed by atoms with E-state index in [-0.39, 0.29) is 22.4 Å². The van der Waals surface area contributed by atoms with Crippen LogP contribution in [0.1, 0.15) is 41.7 Å². The van der Waals surface area contributed by atoms with Crippen LogP contribution in [0.4, 0.5) is 0 Å². The van der Waals surface area contributed by atoms with Gasteiger partial charge >= 0.3 is 0 Å². The van der Waals surface area contributed by atoms with Gasteiger partial charge in [-0.15, -0.1) is 0 Å². The number of nitrogens with two attached hydrogens (primary N) is 1. The second-order valence-corrected chi connectivity index (χ2v) is 9.96. The Bertz CT molecular complexity index is 958. The van der Waals surface area contributed by atoms with E-state index in [9.17, 15) is 13.2 Å². The summed E-state index contributed by atoms with van der Waals surface area (Å²) in [7, 11) is -3.88. The highest BCUT2D eigenvalue weighted by molar-refractivity contribution is 9.10. The number of carbonyl (C=O) groups excluding carboxylic acids is 1. The Kier molecular flexibility index (Phi) is 7.10. The van der Waals surface area contributed by atoms with Gasteiger partial charge in [0.1, 0.15) is 0 Å². The Morgan fingerprint density at radius 2 is 1.86 bits per heavy atom. The molecule has 1 unspecified atom stereocenters. The number of piperidine rings is 1. The van der Waals surface area contributed by atoms with Gasteiger partial charge in [0.15, 0.2) is 0 Å². The minimum atomic E-state index is -3.88. The van der Waals surface area contributed by atoms with E-state index in [2.05, 4.69) is 45.2 Å². The maximum absolute atomic E-state index is 12.8. The lowest BCUT2D eigenvalue weighted by Gasteiger charge is -2.37. The second kappa shape index (κ2) is 9.38. The first-order valence-corrected chi connectivity index (χ1v) is 12.0. The van der Waals surface area contributed by atoms with Crippen molar-refractivity contribution >= 4 is 31.9 Å². The largest absolute Gasteiger partial charge is 0.350 e. The van der Waals surface area contributed by atoms with Crippen LogP contribution in [0, 0.1) is 5.92 Å².